The van der Waals surface area contributed by atoms with E-state index in [9.17, 15) is 27.7 Å². The van der Waals surface area contributed by atoms with E-state index in [-0.39, 0.29) is 53.7 Å². The number of sulfonamides is 1. The van der Waals surface area contributed by atoms with E-state index in [0.717, 1.165) is 30.2 Å². The van der Waals surface area contributed by atoms with Gasteiger partial charge in [-0.05, 0) is 60.2 Å². The molecule has 1 amide bonds. The summed E-state index contributed by atoms with van der Waals surface area (Å²) in [6.07, 6.45) is 1.11. The summed E-state index contributed by atoms with van der Waals surface area (Å²) in [6, 6.07) is 11.4. The van der Waals surface area contributed by atoms with Crippen LogP contribution in [0.5, 0.6) is 0 Å². The number of rotatable bonds is 7. The van der Waals surface area contributed by atoms with Crippen molar-refractivity contribution in [1.29, 1.82) is 0 Å². The van der Waals surface area contributed by atoms with Crippen molar-refractivity contribution < 1.29 is 22.5 Å². The van der Waals surface area contributed by atoms with Gasteiger partial charge in [0.15, 0.2) is 0 Å². The van der Waals surface area contributed by atoms with E-state index in [1.165, 1.54) is 27.4 Å². The topological polar surface area (TPSA) is 104 Å². The van der Waals surface area contributed by atoms with Crippen LogP contribution in [-0.2, 0) is 21.2 Å². The van der Waals surface area contributed by atoms with Gasteiger partial charge in [0.25, 0.3) is 5.69 Å². The zero-order valence-electron chi connectivity index (χ0n) is 21.7. The molecule has 0 spiro atoms. The summed E-state index contributed by atoms with van der Waals surface area (Å²) in [4.78, 5) is 28.7. The Kier molecular flexibility index (Phi) is 8.25. The van der Waals surface area contributed by atoms with Gasteiger partial charge in [-0.2, -0.15) is 4.31 Å². The fourth-order valence-electron chi connectivity index (χ4n) is 5.53. The SMILES string of the molecule is C[C@H]1CN(C(=O)CCN2CCc3sccc3[C@H]2c2cccc(F)c2)CCN1S(=O)(=O)c1ccc(Cl)c([N+](=O)[O-])c1. The van der Waals surface area contributed by atoms with E-state index in [1.807, 2.05) is 11.4 Å². The molecule has 9 nitrogen and oxygen atoms in total. The van der Waals surface area contributed by atoms with Crippen molar-refractivity contribution in [3.05, 3.63) is 90.9 Å². The Hall–Kier alpha value is -2.90. The fraction of sp³-hybridized carbons (Fsp3) is 0.370. The van der Waals surface area contributed by atoms with Crippen LogP contribution in [-0.4, -0.2) is 72.1 Å². The second-order valence-corrected chi connectivity index (χ2v) is 13.3. The third-order valence-corrected chi connectivity index (χ3v) is 10.8. The van der Waals surface area contributed by atoms with Crippen LogP contribution in [0.4, 0.5) is 10.1 Å². The highest BCUT2D eigenvalue weighted by Gasteiger charge is 2.37. The summed E-state index contributed by atoms with van der Waals surface area (Å²) in [7, 11) is -4.03. The minimum Gasteiger partial charge on any atom is -0.340 e. The molecule has 0 saturated carbocycles. The number of benzene rings is 2. The first-order valence-corrected chi connectivity index (χ1v) is 15.6. The lowest BCUT2D eigenvalue weighted by atomic mass is 9.93. The highest BCUT2D eigenvalue weighted by atomic mass is 35.5. The lowest BCUT2D eigenvalue weighted by Gasteiger charge is -2.40. The van der Waals surface area contributed by atoms with E-state index < -0.39 is 26.7 Å². The lowest BCUT2D eigenvalue weighted by Crippen LogP contribution is -2.55. The van der Waals surface area contributed by atoms with Crippen LogP contribution < -0.4 is 0 Å². The van der Waals surface area contributed by atoms with Crippen LogP contribution in [0.3, 0.4) is 0 Å². The van der Waals surface area contributed by atoms with Crippen molar-refractivity contribution in [2.45, 2.75) is 36.7 Å². The van der Waals surface area contributed by atoms with E-state index in [4.69, 9.17) is 11.6 Å². The number of carbonyl (C=O) groups excluding carboxylic acids is 1. The molecule has 2 aromatic carbocycles. The predicted octanol–water partition coefficient (Wildman–Crippen LogP) is 4.71. The number of amides is 1. The molecule has 212 valence electrons. The average Bonchev–Trinajstić information content (AvgIpc) is 3.40. The van der Waals surface area contributed by atoms with E-state index in [2.05, 4.69) is 11.0 Å². The molecule has 2 aliphatic heterocycles. The molecule has 0 unspecified atom stereocenters. The maximum absolute atomic E-state index is 14.1. The number of nitro groups is 1. The second-order valence-electron chi connectivity index (χ2n) is 9.97. The molecule has 0 radical (unpaired) electrons. The molecule has 0 bridgehead atoms. The van der Waals surface area contributed by atoms with Crippen LogP contribution in [0, 0.1) is 15.9 Å². The van der Waals surface area contributed by atoms with Gasteiger partial charge in [-0.3, -0.25) is 19.8 Å². The van der Waals surface area contributed by atoms with Crippen molar-refractivity contribution in [3.63, 3.8) is 0 Å². The van der Waals surface area contributed by atoms with Gasteiger partial charge in [-0.15, -0.1) is 11.3 Å². The fourth-order valence-corrected chi connectivity index (χ4v) is 8.25. The highest BCUT2D eigenvalue weighted by molar-refractivity contribution is 7.89. The maximum Gasteiger partial charge on any atom is 0.289 e. The Bertz CT molecular complexity index is 1550. The van der Waals surface area contributed by atoms with E-state index in [0.29, 0.717) is 6.54 Å². The third-order valence-electron chi connectivity index (χ3n) is 7.48. The number of hydrogen-bond acceptors (Lipinski definition) is 7. The van der Waals surface area contributed by atoms with Gasteiger partial charge in [-0.25, -0.2) is 12.8 Å². The van der Waals surface area contributed by atoms with Gasteiger partial charge < -0.3 is 4.90 Å². The van der Waals surface area contributed by atoms with E-state index in [1.54, 1.807) is 35.3 Å². The number of carbonyl (C=O) groups is 1. The third kappa shape index (κ3) is 5.64. The summed E-state index contributed by atoms with van der Waals surface area (Å²) >= 11 is 7.54. The minimum absolute atomic E-state index is 0.0690. The van der Waals surface area contributed by atoms with Crippen molar-refractivity contribution >= 4 is 44.6 Å². The van der Waals surface area contributed by atoms with Crippen LogP contribution in [0.15, 0.2) is 58.8 Å². The van der Waals surface area contributed by atoms with Gasteiger partial charge in [-0.1, -0.05) is 23.7 Å². The Morgan fingerprint density at radius 1 is 1.18 bits per heavy atom. The quantitative estimate of drug-likeness (QED) is 0.285. The van der Waals surface area contributed by atoms with Gasteiger partial charge in [0.05, 0.1) is 15.9 Å². The molecule has 5 rings (SSSR count). The van der Waals surface area contributed by atoms with Gasteiger partial charge in [0, 0.05) is 56.1 Å². The summed E-state index contributed by atoms with van der Waals surface area (Å²) in [6.45, 7) is 3.42. The highest BCUT2D eigenvalue weighted by Crippen LogP contribution is 2.38. The molecule has 1 fully saturated rings. The number of thiophene rings is 1. The average molecular weight is 607 g/mol. The first kappa shape index (κ1) is 28.6. The first-order valence-electron chi connectivity index (χ1n) is 12.9. The van der Waals surface area contributed by atoms with Crippen LogP contribution >= 0.6 is 22.9 Å². The molecular weight excluding hydrogens is 579 g/mol. The molecule has 1 saturated heterocycles. The summed E-state index contributed by atoms with van der Waals surface area (Å²) in [5, 5.41) is 13.1. The van der Waals surface area contributed by atoms with Crippen molar-refractivity contribution in [2.24, 2.45) is 0 Å². The first-order chi connectivity index (χ1) is 19.1. The Morgan fingerprint density at radius 2 is 1.98 bits per heavy atom. The predicted molar refractivity (Wildman–Crippen MR) is 150 cm³/mol. The lowest BCUT2D eigenvalue weighted by molar-refractivity contribution is -0.384. The summed E-state index contributed by atoms with van der Waals surface area (Å²) in [5.41, 5.74) is 1.51. The summed E-state index contributed by atoms with van der Waals surface area (Å²) < 4.78 is 41.9. The molecule has 0 N–H and O–H groups in total. The normalized spacial score (nSPS) is 20.3. The number of hydrogen-bond donors (Lipinski definition) is 0. The Balaban J connectivity index is 1.25. The minimum atomic E-state index is -4.03. The number of piperazine rings is 1. The van der Waals surface area contributed by atoms with Crippen LogP contribution in [0.2, 0.25) is 5.02 Å². The summed E-state index contributed by atoms with van der Waals surface area (Å²) in [5.74, 6) is -0.383. The largest absolute Gasteiger partial charge is 0.340 e. The molecule has 13 heteroatoms. The van der Waals surface area contributed by atoms with Gasteiger partial charge in [0.2, 0.25) is 15.9 Å². The van der Waals surface area contributed by atoms with Crippen molar-refractivity contribution in [2.75, 3.05) is 32.7 Å². The smallest absolute Gasteiger partial charge is 0.289 e. The zero-order valence-corrected chi connectivity index (χ0v) is 24.1. The van der Waals surface area contributed by atoms with Crippen LogP contribution in [0.25, 0.3) is 0 Å². The van der Waals surface area contributed by atoms with Gasteiger partial charge in [0.1, 0.15) is 10.8 Å². The Morgan fingerprint density at radius 3 is 2.70 bits per heavy atom. The number of halogens is 2. The molecule has 3 aromatic rings. The molecule has 40 heavy (non-hydrogen) atoms. The maximum atomic E-state index is 14.1. The zero-order chi connectivity index (χ0) is 28.6. The molecule has 3 heterocycles. The second kappa shape index (κ2) is 11.5. The molecular formula is C27H28ClFN4O5S2. The van der Waals surface area contributed by atoms with Gasteiger partial charge >= 0.3 is 0 Å². The monoisotopic (exact) mass is 606 g/mol. The van der Waals surface area contributed by atoms with Crippen LogP contribution in [0.1, 0.15) is 35.4 Å². The Labute approximate surface area is 241 Å². The molecule has 2 aliphatic rings. The number of nitro benzene ring substituents is 1. The van der Waals surface area contributed by atoms with Crippen molar-refractivity contribution in [1.82, 2.24) is 14.1 Å². The number of nitrogens with zero attached hydrogens (tertiary/aromatic N) is 4. The molecule has 2 atom stereocenters. The number of fused-ring (bicyclic) bond motifs is 1. The molecule has 1 aromatic heterocycles. The van der Waals surface area contributed by atoms with E-state index >= 15 is 0 Å². The van der Waals surface area contributed by atoms with Crippen molar-refractivity contribution in [3.8, 4) is 0 Å². The molecule has 0 aliphatic carbocycles. The standard InChI is InChI=1S/C27H28ClFN4O5S2/c1-18-17-31(12-13-32(18)40(37,38)21-5-6-23(28)24(16-21)33(35)36)26(34)8-11-30-10-7-25-22(9-14-39-25)27(30)19-3-2-4-20(29)15-19/h2-6,9,14-16,18,27H,7-8,10-13,17H2,1H3/t18-,27+/m0/s1.